The molecule has 2 N–H and O–H groups in total. The Morgan fingerprint density at radius 1 is 1.06 bits per heavy atom. The Hall–Kier alpha value is -2.41. The van der Waals surface area contributed by atoms with Crippen LogP contribution in [0.3, 0.4) is 0 Å². The van der Waals surface area contributed by atoms with Crippen LogP contribution in [0.2, 0.25) is 10.0 Å². The van der Waals surface area contributed by atoms with Gasteiger partial charge in [0.15, 0.2) is 11.5 Å². The molecule has 0 amide bonds. The van der Waals surface area contributed by atoms with Gasteiger partial charge in [-0.1, -0.05) is 41.4 Å². The minimum Gasteiger partial charge on any atom is -0.490 e. The smallest absolute Gasteiger partial charge is 0.337 e. The van der Waals surface area contributed by atoms with E-state index in [1.807, 2.05) is 43.3 Å². The number of hydrogen-bond donors (Lipinski definition) is 2. The van der Waals surface area contributed by atoms with E-state index in [1.165, 1.54) is 6.07 Å². The van der Waals surface area contributed by atoms with Crippen LogP contribution >= 0.6 is 39.1 Å². The fraction of sp³-hybridized carbons (Fsp3) is 0.174. The van der Waals surface area contributed by atoms with Crippen LogP contribution in [0.15, 0.2) is 59.1 Å². The van der Waals surface area contributed by atoms with Gasteiger partial charge < -0.3 is 19.9 Å². The largest absolute Gasteiger partial charge is 0.490 e. The molecule has 0 aliphatic carbocycles. The number of nitrogens with one attached hydrogen (secondary N) is 1. The lowest BCUT2D eigenvalue weighted by molar-refractivity contribution is 0.0697. The zero-order chi connectivity index (χ0) is 22.4. The second kappa shape index (κ2) is 10.8. The molecule has 0 saturated heterocycles. The highest BCUT2D eigenvalue weighted by Gasteiger charge is 2.14. The van der Waals surface area contributed by atoms with E-state index in [0.29, 0.717) is 42.0 Å². The minimum atomic E-state index is -1.06. The van der Waals surface area contributed by atoms with E-state index in [4.69, 9.17) is 37.8 Å². The maximum atomic E-state index is 11.1. The molecule has 0 unspecified atom stereocenters. The van der Waals surface area contributed by atoms with E-state index < -0.39 is 5.97 Å². The number of halogens is 3. The molecule has 0 saturated carbocycles. The van der Waals surface area contributed by atoms with Gasteiger partial charge in [0.1, 0.15) is 6.61 Å². The molecule has 162 valence electrons. The van der Waals surface area contributed by atoms with Crippen LogP contribution in [0, 0.1) is 0 Å². The van der Waals surface area contributed by atoms with Gasteiger partial charge in [-0.2, -0.15) is 0 Å². The van der Waals surface area contributed by atoms with Crippen LogP contribution in [-0.4, -0.2) is 17.7 Å². The number of aromatic carboxylic acids is 1. The summed E-state index contributed by atoms with van der Waals surface area (Å²) in [5.41, 5.74) is 2.60. The van der Waals surface area contributed by atoms with E-state index in [1.54, 1.807) is 12.1 Å². The number of hydrogen-bond acceptors (Lipinski definition) is 4. The monoisotopic (exact) mass is 523 g/mol. The number of carbonyl (C=O) groups is 1. The van der Waals surface area contributed by atoms with Crippen LogP contribution in [0.25, 0.3) is 0 Å². The minimum absolute atomic E-state index is 0.0635. The van der Waals surface area contributed by atoms with Gasteiger partial charge >= 0.3 is 5.97 Å². The zero-order valence-electron chi connectivity index (χ0n) is 16.6. The van der Waals surface area contributed by atoms with Crippen molar-refractivity contribution in [3.05, 3.63) is 85.8 Å². The van der Waals surface area contributed by atoms with Crippen LogP contribution in [0.5, 0.6) is 11.5 Å². The van der Waals surface area contributed by atoms with E-state index in [2.05, 4.69) is 21.2 Å². The predicted octanol–water partition coefficient (Wildman–Crippen LogP) is 7.04. The molecule has 3 aromatic rings. The molecule has 0 atom stereocenters. The SMILES string of the molecule is CCOc1cc(CNc2ccc(C(=O)O)c(Cl)c2)cc(Br)c1OCc1ccccc1Cl. The van der Waals surface area contributed by atoms with Crippen molar-refractivity contribution >= 4 is 50.8 Å². The highest BCUT2D eigenvalue weighted by atomic mass is 79.9. The molecule has 0 fully saturated rings. The van der Waals surface area contributed by atoms with Crippen molar-refractivity contribution in [2.45, 2.75) is 20.1 Å². The predicted molar refractivity (Wildman–Crippen MR) is 127 cm³/mol. The third-order valence-electron chi connectivity index (χ3n) is 4.40. The second-order valence-corrected chi connectivity index (χ2v) is 8.24. The normalized spacial score (nSPS) is 10.6. The third-order valence-corrected chi connectivity index (χ3v) is 5.67. The summed E-state index contributed by atoms with van der Waals surface area (Å²) in [6.07, 6.45) is 0. The number of carboxylic acid groups (broad SMARTS) is 1. The van der Waals surface area contributed by atoms with Gasteiger partial charge in [0, 0.05) is 22.8 Å². The summed E-state index contributed by atoms with van der Waals surface area (Å²) in [6.45, 7) is 3.18. The van der Waals surface area contributed by atoms with Crippen LogP contribution in [0.4, 0.5) is 5.69 Å². The molecule has 0 heterocycles. The highest BCUT2D eigenvalue weighted by molar-refractivity contribution is 9.10. The van der Waals surface area contributed by atoms with E-state index >= 15 is 0 Å². The van der Waals surface area contributed by atoms with Gasteiger partial charge in [-0.15, -0.1) is 0 Å². The first kappa shape index (κ1) is 23.3. The van der Waals surface area contributed by atoms with Crippen molar-refractivity contribution in [2.24, 2.45) is 0 Å². The van der Waals surface area contributed by atoms with Gasteiger partial charge in [-0.05, 0) is 64.8 Å². The molecule has 0 aliphatic heterocycles. The van der Waals surface area contributed by atoms with Gasteiger partial charge in [0.05, 0.1) is 21.7 Å². The highest BCUT2D eigenvalue weighted by Crippen LogP contribution is 2.38. The van der Waals surface area contributed by atoms with Gasteiger partial charge in [-0.3, -0.25) is 0 Å². The first-order valence-corrected chi connectivity index (χ1v) is 11.0. The summed E-state index contributed by atoms with van der Waals surface area (Å²) >= 11 is 15.8. The molecule has 0 aromatic heterocycles. The fourth-order valence-electron chi connectivity index (χ4n) is 2.89. The van der Waals surface area contributed by atoms with Crippen molar-refractivity contribution in [3.8, 4) is 11.5 Å². The first-order chi connectivity index (χ1) is 14.9. The molecule has 5 nitrogen and oxygen atoms in total. The Balaban J connectivity index is 1.75. The zero-order valence-corrected chi connectivity index (χ0v) is 19.7. The van der Waals surface area contributed by atoms with Crippen LogP contribution in [0.1, 0.15) is 28.4 Å². The van der Waals surface area contributed by atoms with E-state index in [0.717, 1.165) is 15.6 Å². The summed E-state index contributed by atoms with van der Waals surface area (Å²) in [4.78, 5) is 11.1. The molecule has 3 rings (SSSR count). The Labute approximate surface area is 199 Å². The lowest BCUT2D eigenvalue weighted by Crippen LogP contribution is -2.05. The molecule has 8 heteroatoms. The van der Waals surface area contributed by atoms with Crippen LogP contribution < -0.4 is 14.8 Å². The van der Waals surface area contributed by atoms with Crippen molar-refractivity contribution in [1.29, 1.82) is 0 Å². The van der Waals surface area contributed by atoms with Gasteiger partial charge in [0.25, 0.3) is 0 Å². The molecule has 0 aliphatic rings. The Morgan fingerprint density at radius 2 is 1.84 bits per heavy atom. The average molecular weight is 525 g/mol. The van der Waals surface area contributed by atoms with E-state index in [9.17, 15) is 4.79 Å². The number of benzene rings is 3. The summed E-state index contributed by atoms with van der Waals surface area (Å²) in [7, 11) is 0. The molecule has 0 bridgehead atoms. The first-order valence-electron chi connectivity index (χ1n) is 9.47. The van der Waals surface area contributed by atoms with Crippen molar-refractivity contribution in [2.75, 3.05) is 11.9 Å². The summed E-state index contributed by atoms with van der Waals surface area (Å²) in [5.74, 6) is 0.147. The van der Waals surface area contributed by atoms with Crippen molar-refractivity contribution < 1.29 is 19.4 Å². The summed E-state index contributed by atoms with van der Waals surface area (Å²) in [5, 5.41) is 13.1. The second-order valence-electron chi connectivity index (χ2n) is 6.57. The summed E-state index contributed by atoms with van der Waals surface area (Å²) < 4.78 is 12.5. The molecular weight excluding hydrogens is 505 g/mol. The number of anilines is 1. The Kier molecular flexibility index (Phi) is 8.07. The maximum absolute atomic E-state index is 11.1. The van der Waals surface area contributed by atoms with Crippen molar-refractivity contribution in [3.63, 3.8) is 0 Å². The van der Waals surface area contributed by atoms with Gasteiger partial charge in [-0.25, -0.2) is 4.79 Å². The molecular formula is C23H20BrCl2NO4. The number of ether oxygens (including phenoxy) is 2. The Bertz CT molecular complexity index is 1090. The molecule has 3 aromatic carbocycles. The quantitative estimate of drug-likeness (QED) is 0.314. The van der Waals surface area contributed by atoms with E-state index in [-0.39, 0.29) is 10.6 Å². The van der Waals surface area contributed by atoms with Gasteiger partial charge in [0.2, 0.25) is 0 Å². The lowest BCUT2D eigenvalue weighted by atomic mass is 10.1. The molecule has 0 spiro atoms. The molecule has 0 radical (unpaired) electrons. The Morgan fingerprint density at radius 3 is 2.52 bits per heavy atom. The molecule has 31 heavy (non-hydrogen) atoms. The number of carboxylic acids is 1. The standard InChI is InChI=1S/C23H20BrCl2NO4/c1-2-30-21-10-14(12-27-16-7-8-17(23(28)29)20(26)11-16)9-18(24)22(21)31-13-15-5-3-4-6-19(15)25/h3-11,27H,2,12-13H2,1H3,(H,28,29). The average Bonchev–Trinajstić information content (AvgIpc) is 2.73. The fourth-order valence-corrected chi connectivity index (χ4v) is 3.95. The number of rotatable bonds is 9. The maximum Gasteiger partial charge on any atom is 0.337 e. The third kappa shape index (κ3) is 6.06. The lowest BCUT2D eigenvalue weighted by Gasteiger charge is -2.16. The van der Waals surface area contributed by atoms with Crippen LogP contribution in [-0.2, 0) is 13.2 Å². The van der Waals surface area contributed by atoms with Crippen molar-refractivity contribution in [1.82, 2.24) is 0 Å². The topological polar surface area (TPSA) is 67.8 Å². The summed E-state index contributed by atoms with van der Waals surface area (Å²) in [6, 6.07) is 16.1.